The first-order chi connectivity index (χ1) is 12.1. The number of carbonyl (C=O) groups is 3. The van der Waals surface area contributed by atoms with Gasteiger partial charge in [0.05, 0.1) is 12.1 Å². The maximum absolute atomic E-state index is 12.7. The Balaban J connectivity index is 1.71. The van der Waals surface area contributed by atoms with Crippen LogP contribution in [0.5, 0.6) is 0 Å². The van der Waals surface area contributed by atoms with Crippen molar-refractivity contribution in [3.05, 3.63) is 0 Å². The molecule has 0 radical (unpaired) electrons. The molecule has 146 valence electrons. The van der Waals surface area contributed by atoms with Crippen LogP contribution in [0.15, 0.2) is 0 Å². The highest BCUT2D eigenvalue weighted by Gasteiger charge is 2.50. The van der Waals surface area contributed by atoms with E-state index in [1.165, 1.54) is 0 Å². The molecule has 2 bridgehead atoms. The highest BCUT2D eigenvalue weighted by Crippen LogP contribution is 2.31. The largest absolute Gasteiger partial charge is 0.418 e. The van der Waals surface area contributed by atoms with Gasteiger partial charge in [0.1, 0.15) is 6.04 Å². The smallest absolute Gasteiger partial charge is 0.309 e. The van der Waals surface area contributed by atoms with Crippen LogP contribution in [0.4, 0.5) is 4.79 Å². The minimum Gasteiger partial charge on any atom is -0.309 e. The van der Waals surface area contributed by atoms with Crippen molar-refractivity contribution in [2.45, 2.75) is 43.8 Å². The Bertz CT molecular complexity index is 728. The van der Waals surface area contributed by atoms with Crippen LogP contribution in [0, 0.1) is 0 Å². The van der Waals surface area contributed by atoms with Gasteiger partial charge < -0.3 is 4.90 Å². The van der Waals surface area contributed by atoms with Gasteiger partial charge in [-0.25, -0.2) is 15.6 Å². The lowest BCUT2D eigenvalue weighted by atomic mass is 10.00. The van der Waals surface area contributed by atoms with E-state index in [0.717, 1.165) is 17.9 Å². The molecule has 3 aliphatic rings. The van der Waals surface area contributed by atoms with Gasteiger partial charge in [-0.05, 0) is 39.3 Å². The summed E-state index contributed by atoms with van der Waals surface area (Å²) in [5.74, 6) is 4.48. The third-order valence-electron chi connectivity index (χ3n) is 5.06. The molecule has 13 heteroatoms. The van der Waals surface area contributed by atoms with Gasteiger partial charge in [-0.15, -0.1) is 4.28 Å². The Kier molecular flexibility index (Phi) is 4.92. The van der Waals surface area contributed by atoms with E-state index in [9.17, 15) is 22.8 Å². The number of hydroxylamine groups is 2. The lowest BCUT2D eigenvalue weighted by Crippen LogP contribution is -2.58. The number of piperidine rings is 1. The normalized spacial score (nSPS) is 29.3. The second-order valence-electron chi connectivity index (χ2n) is 6.70. The average molecular weight is 391 g/mol. The first-order valence-corrected chi connectivity index (χ1v) is 9.56. The van der Waals surface area contributed by atoms with E-state index in [1.807, 2.05) is 4.90 Å². The van der Waals surface area contributed by atoms with Crippen LogP contribution in [0.2, 0.25) is 0 Å². The predicted molar refractivity (Wildman–Crippen MR) is 85.1 cm³/mol. The Labute approximate surface area is 150 Å². The first-order valence-electron chi connectivity index (χ1n) is 8.19. The Morgan fingerprint density at radius 2 is 1.88 bits per heavy atom. The summed E-state index contributed by atoms with van der Waals surface area (Å²) in [6, 6.07) is -2.96. The van der Waals surface area contributed by atoms with Gasteiger partial charge in [0, 0.05) is 6.54 Å². The van der Waals surface area contributed by atoms with Crippen molar-refractivity contribution in [3.63, 3.8) is 0 Å². The fourth-order valence-corrected chi connectivity index (χ4v) is 4.13. The molecular weight excluding hydrogens is 370 g/mol. The number of carbonyl (C=O) groups excluding carboxylic acids is 3. The van der Waals surface area contributed by atoms with E-state index in [1.54, 1.807) is 7.05 Å². The quantitative estimate of drug-likeness (QED) is 0.188. The molecule has 0 aliphatic carbocycles. The molecule has 4 amide bonds. The fraction of sp³-hybridized carbons (Fsp3) is 0.769. The van der Waals surface area contributed by atoms with E-state index < -0.39 is 46.4 Å². The van der Waals surface area contributed by atoms with Gasteiger partial charge >= 0.3 is 16.4 Å². The standard InChI is InChI=1S/C13H21N5O7S/c1-15-6-2-3-9(15)11(19)17(14)12(20)10-5-4-8-7-16(10)13(21)18(8)25-26(22,23)24/h8-10H,2-7,14H2,1H3,(H,22,23,24)/t8-,9?,10+/m1/s1. The number of hydrazine groups is 1. The number of imide groups is 1. The lowest BCUT2D eigenvalue weighted by molar-refractivity contribution is -0.151. The molecule has 26 heavy (non-hydrogen) atoms. The number of hydrogen-bond donors (Lipinski definition) is 2. The van der Waals surface area contributed by atoms with Crippen molar-refractivity contribution < 1.29 is 31.6 Å². The number of nitrogens with two attached hydrogens (primary N) is 1. The molecule has 3 fully saturated rings. The minimum atomic E-state index is -4.87. The average Bonchev–Trinajstić information content (AvgIpc) is 3.10. The molecular formula is C13H21N5O7S. The molecule has 3 saturated heterocycles. The Morgan fingerprint density at radius 1 is 1.23 bits per heavy atom. The first kappa shape index (κ1) is 19.0. The summed E-state index contributed by atoms with van der Waals surface area (Å²) < 4.78 is 34.9. The zero-order valence-electron chi connectivity index (χ0n) is 14.1. The van der Waals surface area contributed by atoms with Crippen LogP contribution in [0.25, 0.3) is 0 Å². The van der Waals surface area contributed by atoms with Crippen molar-refractivity contribution >= 4 is 28.2 Å². The van der Waals surface area contributed by atoms with Crippen LogP contribution in [-0.4, -0.2) is 89.0 Å². The van der Waals surface area contributed by atoms with E-state index in [0.29, 0.717) is 16.5 Å². The molecule has 0 aromatic carbocycles. The molecule has 0 spiro atoms. The highest BCUT2D eigenvalue weighted by molar-refractivity contribution is 7.80. The van der Waals surface area contributed by atoms with Gasteiger partial charge in [0.15, 0.2) is 0 Å². The van der Waals surface area contributed by atoms with Gasteiger partial charge in [-0.2, -0.15) is 13.5 Å². The van der Waals surface area contributed by atoms with E-state index in [2.05, 4.69) is 4.28 Å². The third-order valence-corrected chi connectivity index (χ3v) is 5.41. The molecule has 3 N–H and O–H groups in total. The van der Waals surface area contributed by atoms with Gasteiger partial charge in [0.25, 0.3) is 11.8 Å². The van der Waals surface area contributed by atoms with Gasteiger partial charge in [-0.3, -0.25) is 19.0 Å². The third kappa shape index (κ3) is 3.40. The molecule has 3 atom stereocenters. The van der Waals surface area contributed by atoms with Crippen molar-refractivity contribution in [1.29, 1.82) is 0 Å². The highest BCUT2D eigenvalue weighted by atomic mass is 32.3. The summed E-state index contributed by atoms with van der Waals surface area (Å²) in [5, 5.41) is 1.09. The molecule has 12 nitrogen and oxygen atoms in total. The predicted octanol–water partition coefficient (Wildman–Crippen LogP) is -1.69. The van der Waals surface area contributed by atoms with Crippen LogP contribution < -0.4 is 5.84 Å². The number of likely N-dealkylation sites (tertiary alicyclic amines) is 1. The number of fused-ring (bicyclic) bond motifs is 2. The summed E-state index contributed by atoms with van der Waals surface area (Å²) in [6.45, 7) is 0.770. The summed E-state index contributed by atoms with van der Waals surface area (Å²) in [5.41, 5.74) is 0. The topological polar surface area (TPSA) is 154 Å². The molecule has 3 heterocycles. The van der Waals surface area contributed by atoms with Gasteiger partial charge in [0.2, 0.25) is 0 Å². The maximum Gasteiger partial charge on any atom is 0.418 e. The lowest BCUT2D eigenvalue weighted by Gasteiger charge is -2.32. The monoisotopic (exact) mass is 391 g/mol. The van der Waals surface area contributed by atoms with Crippen molar-refractivity contribution in [3.8, 4) is 0 Å². The molecule has 1 unspecified atom stereocenters. The number of likely N-dealkylation sites (N-methyl/N-ethyl adjacent to an activating group) is 1. The molecule has 3 aliphatic heterocycles. The van der Waals surface area contributed by atoms with Gasteiger partial charge in [-0.1, -0.05) is 0 Å². The summed E-state index contributed by atoms with van der Waals surface area (Å²) in [7, 11) is -3.09. The number of rotatable bonds is 4. The summed E-state index contributed by atoms with van der Waals surface area (Å²) >= 11 is 0. The number of amides is 4. The van der Waals surface area contributed by atoms with Crippen LogP contribution in [0.1, 0.15) is 25.7 Å². The number of nitrogens with zero attached hydrogens (tertiary/aromatic N) is 4. The van der Waals surface area contributed by atoms with E-state index in [4.69, 9.17) is 10.4 Å². The molecule has 0 saturated carbocycles. The Morgan fingerprint density at radius 3 is 2.46 bits per heavy atom. The fourth-order valence-electron chi connectivity index (χ4n) is 3.74. The molecule has 0 aromatic heterocycles. The summed E-state index contributed by atoms with van der Waals surface area (Å²) in [4.78, 5) is 40.4. The molecule has 3 rings (SSSR count). The van der Waals surface area contributed by atoms with Crippen LogP contribution >= 0.6 is 0 Å². The van der Waals surface area contributed by atoms with Crippen molar-refractivity contribution in [2.75, 3.05) is 20.1 Å². The molecule has 0 aromatic rings. The maximum atomic E-state index is 12.7. The van der Waals surface area contributed by atoms with E-state index in [-0.39, 0.29) is 19.4 Å². The Hall–Kier alpha value is -1.80. The van der Waals surface area contributed by atoms with E-state index >= 15 is 0 Å². The SMILES string of the molecule is CN1CCCC1C(=O)N(N)C(=O)[C@@H]1CC[C@@H]2CN1C(=O)N2OS(=O)(=O)O. The second kappa shape index (κ2) is 6.74. The van der Waals surface area contributed by atoms with Crippen LogP contribution in [-0.2, 0) is 24.3 Å². The number of urea groups is 1. The zero-order valence-corrected chi connectivity index (χ0v) is 15.0. The zero-order chi connectivity index (χ0) is 19.2. The summed E-state index contributed by atoms with van der Waals surface area (Å²) in [6.07, 6.45) is 1.88. The van der Waals surface area contributed by atoms with Crippen molar-refractivity contribution in [2.24, 2.45) is 5.84 Å². The van der Waals surface area contributed by atoms with Crippen LogP contribution in [0.3, 0.4) is 0 Å². The number of hydrogen-bond acceptors (Lipinski definition) is 8. The minimum absolute atomic E-state index is 0.0378. The second-order valence-corrected chi connectivity index (χ2v) is 7.70. The van der Waals surface area contributed by atoms with Crippen molar-refractivity contribution in [1.82, 2.24) is 19.9 Å².